The zero-order valence-corrected chi connectivity index (χ0v) is 21.3. The average molecular weight is 515 g/mol. The molecule has 13 heteroatoms. The molecule has 1 amide bonds. The normalized spacial score (nSPS) is 16.9. The van der Waals surface area contributed by atoms with Gasteiger partial charge in [-0.3, -0.25) is 14.4 Å². The first-order chi connectivity index (χ1) is 18.3. The molecule has 5 heterocycles. The van der Waals surface area contributed by atoms with E-state index in [0.717, 1.165) is 5.69 Å². The van der Waals surface area contributed by atoms with Crippen molar-refractivity contribution >= 4 is 40.8 Å². The van der Waals surface area contributed by atoms with Crippen molar-refractivity contribution in [2.45, 2.75) is 19.4 Å². The summed E-state index contributed by atoms with van der Waals surface area (Å²) in [7, 11) is 5.34. The van der Waals surface area contributed by atoms with Crippen LogP contribution in [-0.2, 0) is 16.6 Å². The second-order valence-corrected chi connectivity index (χ2v) is 8.93. The molecule has 1 atom stereocenters. The van der Waals surface area contributed by atoms with Crippen molar-refractivity contribution in [3.8, 4) is 0 Å². The Morgan fingerprint density at radius 1 is 1.16 bits per heavy atom. The van der Waals surface area contributed by atoms with Crippen LogP contribution in [0.15, 0.2) is 53.8 Å². The van der Waals surface area contributed by atoms with Crippen LogP contribution >= 0.6 is 0 Å². The lowest BCUT2D eigenvalue weighted by atomic mass is 10.2. The monoisotopic (exact) mass is 514 g/mol. The molecule has 3 aromatic heterocycles. The Hall–Kier alpha value is -5.12. The SMILES string of the molecule is CNc1cc(NC2=CC=CN(c3cc(C)n(C)n3)C2=C=O)nn2c(C(=O)N[C@@H]3CCN(C)C3=C=O)cnc12. The lowest BCUT2D eigenvalue weighted by molar-refractivity contribution is 0.0936. The highest BCUT2D eigenvalue weighted by molar-refractivity contribution is 5.94. The fourth-order valence-corrected chi connectivity index (χ4v) is 4.44. The average Bonchev–Trinajstić information content (AvgIpc) is 3.59. The van der Waals surface area contributed by atoms with E-state index < -0.39 is 11.9 Å². The highest BCUT2D eigenvalue weighted by Gasteiger charge is 2.29. The van der Waals surface area contributed by atoms with Crippen LogP contribution in [0.5, 0.6) is 0 Å². The Morgan fingerprint density at radius 2 is 1.97 bits per heavy atom. The second kappa shape index (κ2) is 9.74. The van der Waals surface area contributed by atoms with E-state index in [4.69, 9.17) is 0 Å². The zero-order chi connectivity index (χ0) is 27.0. The molecule has 0 radical (unpaired) electrons. The largest absolute Gasteiger partial charge is 0.385 e. The molecule has 13 nitrogen and oxygen atoms in total. The number of likely N-dealkylation sites (tertiary alicyclic amines) is 1. The van der Waals surface area contributed by atoms with Gasteiger partial charge in [0.1, 0.15) is 11.6 Å². The zero-order valence-electron chi connectivity index (χ0n) is 21.3. The molecule has 1 saturated heterocycles. The fraction of sp³-hybridized carbons (Fsp3) is 0.280. The summed E-state index contributed by atoms with van der Waals surface area (Å²) in [6.07, 6.45) is 7.25. The number of fused-ring (bicyclic) bond motifs is 1. The van der Waals surface area contributed by atoms with Gasteiger partial charge in [0.05, 0.1) is 23.6 Å². The number of hydrogen-bond donors (Lipinski definition) is 3. The van der Waals surface area contributed by atoms with E-state index in [1.807, 2.05) is 31.9 Å². The van der Waals surface area contributed by atoms with Crippen LogP contribution in [0.1, 0.15) is 22.6 Å². The second-order valence-electron chi connectivity index (χ2n) is 8.93. The molecule has 2 aliphatic rings. The van der Waals surface area contributed by atoms with Gasteiger partial charge in [0.25, 0.3) is 5.91 Å². The molecule has 3 aromatic rings. The molecule has 0 unspecified atom stereocenters. The minimum absolute atomic E-state index is 0.189. The van der Waals surface area contributed by atoms with Crippen LogP contribution in [0, 0.1) is 6.92 Å². The van der Waals surface area contributed by atoms with Crippen molar-refractivity contribution in [1.82, 2.24) is 34.6 Å². The summed E-state index contributed by atoms with van der Waals surface area (Å²) in [5.41, 5.74) is 3.23. The number of allylic oxidation sites excluding steroid dienone is 2. The lowest BCUT2D eigenvalue weighted by Crippen LogP contribution is -2.36. The van der Waals surface area contributed by atoms with Gasteiger partial charge in [-0.1, -0.05) is 0 Å². The van der Waals surface area contributed by atoms with Crippen LogP contribution in [0.25, 0.3) is 5.65 Å². The molecule has 3 N–H and O–H groups in total. The molecular weight excluding hydrogens is 488 g/mol. The number of nitrogens with one attached hydrogen (secondary N) is 3. The van der Waals surface area contributed by atoms with Gasteiger partial charge in [-0.2, -0.15) is 5.10 Å². The maximum atomic E-state index is 13.2. The molecule has 0 aromatic carbocycles. The van der Waals surface area contributed by atoms with Gasteiger partial charge >= 0.3 is 0 Å². The number of nitrogens with zero attached hydrogens (tertiary/aromatic N) is 7. The maximum Gasteiger partial charge on any atom is 0.272 e. The Kier molecular flexibility index (Phi) is 6.29. The summed E-state index contributed by atoms with van der Waals surface area (Å²) in [6.45, 7) is 2.56. The number of aromatic nitrogens is 5. The highest BCUT2D eigenvalue weighted by atomic mass is 16.2. The first-order valence-electron chi connectivity index (χ1n) is 11.9. The van der Waals surface area contributed by atoms with Gasteiger partial charge in [-0.05, 0) is 25.5 Å². The van der Waals surface area contributed by atoms with Crippen molar-refractivity contribution in [2.75, 3.05) is 36.2 Å². The Bertz CT molecular complexity index is 1580. The third-order valence-electron chi connectivity index (χ3n) is 6.58. The molecule has 0 aliphatic carbocycles. The van der Waals surface area contributed by atoms with E-state index in [1.165, 1.54) is 10.7 Å². The van der Waals surface area contributed by atoms with Crippen molar-refractivity contribution in [3.05, 3.63) is 65.2 Å². The van der Waals surface area contributed by atoms with Gasteiger partial charge in [0.15, 0.2) is 34.6 Å². The highest BCUT2D eigenvalue weighted by Crippen LogP contribution is 2.28. The van der Waals surface area contributed by atoms with Gasteiger partial charge in [-0.25, -0.2) is 19.1 Å². The van der Waals surface area contributed by atoms with E-state index in [0.29, 0.717) is 47.3 Å². The molecule has 2 aliphatic heterocycles. The first-order valence-corrected chi connectivity index (χ1v) is 11.9. The molecule has 1 fully saturated rings. The summed E-state index contributed by atoms with van der Waals surface area (Å²) in [5, 5.41) is 18.1. The van der Waals surface area contributed by atoms with E-state index in [1.54, 1.807) is 53.0 Å². The number of carbonyl (C=O) groups is 1. The van der Waals surface area contributed by atoms with E-state index in [9.17, 15) is 14.4 Å². The first kappa shape index (κ1) is 24.6. The summed E-state index contributed by atoms with van der Waals surface area (Å²) < 4.78 is 3.13. The van der Waals surface area contributed by atoms with Crippen LogP contribution in [0.3, 0.4) is 0 Å². The molecule has 0 saturated carbocycles. The molecular formula is C25H26N10O3. The predicted octanol–water partition coefficient (Wildman–Crippen LogP) is 1.01. The summed E-state index contributed by atoms with van der Waals surface area (Å²) in [5.74, 6) is 4.41. The van der Waals surface area contributed by atoms with Crippen LogP contribution in [0.4, 0.5) is 17.3 Å². The third kappa shape index (κ3) is 4.21. The van der Waals surface area contributed by atoms with Gasteiger partial charge in [-0.15, -0.1) is 5.10 Å². The van der Waals surface area contributed by atoms with Crippen LogP contribution in [0.2, 0.25) is 0 Å². The number of aryl methyl sites for hydroxylation is 2. The number of hydrogen-bond acceptors (Lipinski definition) is 10. The Labute approximate surface area is 217 Å². The predicted molar refractivity (Wildman–Crippen MR) is 141 cm³/mol. The summed E-state index contributed by atoms with van der Waals surface area (Å²) >= 11 is 0. The standard InChI is InChI=1S/C25H26N10O3/c1-15-10-23(31-33(15)4)34-8-5-6-16(21(34)14-37)28-22-11-18(26-2)24-27-12-19(35(24)30-22)25(38)29-17-7-9-32(3)20(17)13-36/h5-6,8,10-12,17,26H,7,9H2,1-4H3,(H,28,30)(H,29,38)/t17-/m1/s1. The Balaban J connectivity index is 1.46. The Morgan fingerprint density at radius 3 is 2.66 bits per heavy atom. The number of imidazole rings is 1. The van der Waals surface area contributed by atoms with Crippen molar-refractivity contribution in [3.63, 3.8) is 0 Å². The van der Waals surface area contributed by atoms with Crippen LogP contribution < -0.4 is 20.9 Å². The number of amides is 1. The molecule has 5 rings (SSSR count). The lowest BCUT2D eigenvalue weighted by Gasteiger charge is -2.23. The van der Waals surface area contributed by atoms with Gasteiger partial charge in [0, 0.05) is 51.7 Å². The fourth-order valence-electron chi connectivity index (χ4n) is 4.44. The molecule has 194 valence electrons. The summed E-state index contributed by atoms with van der Waals surface area (Å²) in [6, 6.07) is 3.14. The van der Waals surface area contributed by atoms with Crippen LogP contribution in [-0.4, -0.2) is 73.8 Å². The van der Waals surface area contributed by atoms with E-state index in [2.05, 4.69) is 31.1 Å². The minimum atomic E-state index is -0.443. The quantitative estimate of drug-likeness (QED) is 0.408. The van der Waals surface area contributed by atoms with Gasteiger partial charge < -0.3 is 20.9 Å². The van der Waals surface area contributed by atoms with Crippen molar-refractivity contribution in [2.24, 2.45) is 7.05 Å². The van der Waals surface area contributed by atoms with Gasteiger partial charge in [0.2, 0.25) is 0 Å². The molecule has 38 heavy (non-hydrogen) atoms. The minimum Gasteiger partial charge on any atom is -0.385 e. The van der Waals surface area contributed by atoms with Crippen molar-refractivity contribution in [1.29, 1.82) is 0 Å². The number of likely N-dealkylation sites (N-methyl/N-ethyl adjacent to an activating group) is 1. The number of carbonyl (C=O) groups excluding carboxylic acids is 3. The number of rotatable bonds is 6. The molecule has 0 spiro atoms. The topological polar surface area (TPSA) is 142 Å². The van der Waals surface area contributed by atoms with E-state index >= 15 is 0 Å². The smallest absolute Gasteiger partial charge is 0.272 e. The van der Waals surface area contributed by atoms with E-state index in [-0.39, 0.29) is 11.4 Å². The maximum absolute atomic E-state index is 13.2. The summed E-state index contributed by atoms with van der Waals surface area (Å²) in [4.78, 5) is 44.3. The molecule has 0 bridgehead atoms. The number of anilines is 3. The van der Waals surface area contributed by atoms with Crippen molar-refractivity contribution < 1.29 is 14.4 Å². The third-order valence-corrected chi connectivity index (χ3v) is 6.58.